The summed E-state index contributed by atoms with van der Waals surface area (Å²) in [5.74, 6) is 0. The van der Waals surface area contributed by atoms with Gasteiger partial charge in [0.05, 0.1) is 0 Å². The second-order valence-electron chi connectivity index (χ2n) is 0.451. The van der Waals surface area contributed by atoms with Gasteiger partial charge in [0.2, 0.25) is 0 Å². The highest BCUT2D eigenvalue weighted by Crippen LogP contribution is 1.52. The van der Waals surface area contributed by atoms with E-state index >= 15 is 0 Å². The van der Waals surface area contributed by atoms with Gasteiger partial charge in [0.15, 0.2) is 0 Å². The molecule has 5 heavy (non-hydrogen) atoms. The van der Waals surface area contributed by atoms with Gasteiger partial charge in [0.25, 0.3) is 0 Å². The maximum absolute atomic E-state index is 9.15. The second-order valence-corrected chi connectivity index (χ2v) is 0.451. The van der Waals surface area contributed by atoms with Gasteiger partial charge in [-0.05, 0) is 6.79 Å². The van der Waals surface area contributed by atoms with Crippen molar-refractivity contribution in [2.75, 3.05) is 13.6 Å². The lowest BCUT2D eigenvalue weighted by Crippen LogP contribution is -2.09. The lowest BCUT2D eigenvalue weighted by atomic mass is 11.4. The lowest BCUT2D eigenvalue weighted by Gasteiger charge is -1.97. The highest BCUT2D eigenvalue weighted by molar-refractivity contribution is 3.79. The van der Waals surface area contributed by atoms with E-state index in [0.29, 0.717) is 0 Å². The van der Waals surface area contributed by atoms with Crippen LogP contribution in [0.15, 0.2) is 0 Å². The fraction of sp³-hybridized carbons (Fsp3) is 1.00. The van der Waals surface area contributed by atoms with Gasteiger partial charge in [0, 0.05) is 0 Å². The van der Waals surface area contributed by atoms with Gasteiger partial charge < -0.3 is 14.9 Å². The molecule has 0 spiro atoms. The van der Waals surface area contributed by atoms with Crippen LogP contribution < -0.4 is 5.11 Å². The largest absolute Gasteiger partial charge is 0.834 e. The van der Waals surface area contributed by atoms with E-state index in [1.165, 1.54) is 0 Å². The first kappa shape index (κ1) is 4.88. The minimum absolute atomic E-state index is 0.469. The highest BCUT2D eigenvalue weighted by Gasteiger charge is 1.57. The molecule has 0 aliphatic rings. The van der Waals surface area contributed by atoms with Crippen molar-refractivity contribution in [1.82, 2.24) is 0 Å². The first-order valence-corrected chi connectivity index (χ1v) is 1.18. The van der Waals surface area contributed by atoms with Gasteiger partial charge in [-0.3, -0.25) is 0 Å². The van der Waals surface area contributed by atoms with Crippen molar-refractivity contribution in [2.24, 2.45) is 0 Å². The number of hydrogen-bond donors (Lipinski definition) is 1. The molecule has 0 unspecified atom stereocenters. The van der Waals surface area contributed by atoms with Gasteiger partial charge >= 0.3 is 0 Å². The van der Waals surface area contributed by atoms with Gasteiger partial charge in [-0.1, -0.05) is 0 Å². The molecule has 0 aliphatic heterocycles. The van der Waals surface area contributed by atoms with E-state index in [9.17, 15) is 0 Å². The molecule has 0 radical (unpaired) electrons. The lowest BCUT2D eigenvalue weighted by molar-refractivity contribution is -0.437. The average molecular weight is 77.1 g/mol. The molecule has 0 saturated carbocycles. The summed E-state index contributed by atoms with van der Waals surface area (Å²) in [6.07, 6.45) is 0. The van der Waals surface area contributed by atoms with E-state index in [0.717, 1.165) is 0 Å². The van der Waals surface area contributed by atoms with E-state index in [-0.39, 0.29) is 0 Å². The fourth-order valence-electron chi connectivity index (χ4n) is 0.0373. The van der Waals surface area contributed by atoms with E-state index in [1.54, 1.807) is 0 Å². The van der Waals surface area contributed by atoms with Crippen molar-refractivity contribution >= 4 is 0 Å². The number of rotatable bonds is 2. The van der Waals surface area contributed by atoms with Crippen LogP contribution in [0.5, 0.6) is 0 Å². The Kier molecular flexibility index (Phi) is 3.79. The van der Waals surface area contributed by atoms with Crippen molar-refractivity contribution in [2.45, 2.75) is 0 Å². The predicted octanol–water partition coefficient (Wildman–Crippen LogP) is -1.73. The maximum Gasteiger partial charge on any atom is 0.141 e. The second kappa shape index (κ2) is 3.88. The first-order valence-electron chi connectivity index (χ1n) is 1.18. The summed E-state index contributed by atoms with van der Waals surface area (Å²) in [5.41, 5.74) is 0. The molecule has 0 amide bonds. The molecule has 0 aromatic carbocycles. The fourth-order valence-corrected chi connectivity index (χ4v) is 0.0373. The number of hydrogen-bond acceptors (Lipinski definition) is 3. The van der Waals surface area contributed by atoms with Crippen LogP contribution in [0, 0.1) is 0 Å². The Labute approximate surface area is 29.8 Å². The molecule has 0 aromatic rings. The van der Waals surface area contributed by atoms with E-state index in [4.69, 9.17) is 10.2 Å². The van der Waals surface area contributed by atoms with E-state index in [2.05, 4.69) is 4.74 Å². The third-order valence-corrected chi connectivity index (χ3v) is 0.175. The van der Waals surface area contributed by atoms with Crippen LogP contribution in [0.2, 0.25) is 0 Å². The first-order chi connectivity index (χ1) is 2.41. The normalized spacial score (nSPS) is 8.40. The molecule has 3 nitrogen and oxygen atoms in total. The summed E-state index contributed by atoms with van der Waals surface area (Å²) in [6.45, 7) is -1.12. The predicted molar refractivity (Wildman–Crippen MR) is 13.0 cm³/mol. The summed E-state index contributed by atoms with van der Waals surface area (Å²) >= 11 is 0. The number of aliphatic hydroxyl groups is 1. The van der Waals surface area contributed by atoms with Crippen LogP contribution in [-0.4, -0.2) is 18.7 Å². The van der Waals surface area contributed by atoms with Gasteiger partial charge in [-0.2, -0.15) is 0 Å². The van der Waals surface area contributed by atoms with Crippen LogP contribution in [0.1, 0.15) is 0 Å². The Hall–Kier alpha value is -0.120. The Morgan fingerprint density at radius 2 is 2.40 bits per heavy atom. The third-order valence-electron chi connectivity index (χ3n) is 0.175. The Morgan fingerprint density at radius 3 is 2.40 bits per heavy atom. The molecular formula is C2H5O3-. The van der Waals surface area contributed by atoms with Crippen molar-refractivity contribution in [3.05, 3.63) is 0 Å². The summed E-state index contributed by atoms with van der Waals surface area (Å²) in [5, 5.41) is 16.8. The molecule has 0 fully saturated rings. The summed E-state index contributed by atoms with van der Waals surface area (Å²) < 4.78 is 3.83. The van der Waals surface area contributed by atoms with Crippen molar-refractivity contribution in [1.29, 1.82) is 0 Å². The molecule has 3 heteroatoms. The standard InChI is InChI=1S/C2H5O3/c3-1-5-2-4/h3H,1-2H2/q-1. The van der Waals surface area contributed by atoms with Gasteiger partial charge in [-0.25, -0.2) is 0 Å². The van der Waals surface area contributed by atoms with Crippen LogP contribution in [0.3, 0.4) is 0 Å². The maximum atomic E-state index is 9.15. The molecule has 0 atom stereocenters. The van der Waals surface area contributed by atoms with Crippen molar-refractivity contribution < 1.29 is 14.9 Å². The zero-order valence-corrected chi connectivity index (χ0v) is 2.68. The third kappa shape index (κ3) is 3.88. The number of ether oxygens (including phenoxy) is 1. The summed E-state index contributed by atoms with van der Waals surface area (Å²) in [6, 6.07) is 0. The zero-order valence-electron chi connectivity index (χ0n) is 2.68. The minimum Gasteiger partial charge on any atom is -0.834 e. The van der Waals surface area contributed by atoms with Gasteiger partial charge in [0.1, 0.15) is 6.79 Å². The van der Waals surface area contributed by atoms with Gasteiger partial charge in [-0.15, -0.1) is 0 Å². The summed E-state index contributed by atoms with van der Waals surface area (Å²) in [7, 11) is 0. The zero-order chi connectivity index (χ0) is 4.12. The van der Waals surface area contributed by atoms with Crippen molar-refractivity contribution in [3.8, 4) is 0 Å². The SMILES string of the molecule is [O-]COCO. The molecule has 0 saturated heterocycles. The molecular weight excluding hydrogens is 72.0 g/mol. The Morgan fingerprint density at radius 1 is 1.80 bits per heavy atom. The Balaban J connectivity index is 2.19. The van der Waals surface area contributed by atoms with Crippen LogP contribution in [0.25, 0.3) is 0 Å². The Bertz CT molecular complexity index is 12.4. The molecule has 1 N–H and O–H groups in total. The molecule has 0 rings (SSSR count). The molecule has 0 aliphatic carbocycles. The van der Waals surface area contributed by atoms with Crippen molar-refractivity contribution in [3.63, 3.8) is 0 Å². The molecule has 0 bridgehead atoms. The average Bonchev–Trinajstić information content (AvgIpc) is 1.41. The van der Waals surface area contributed by atoms with E-state index < -0.39 is 13.6 Å². The van der Waals surface area contributed by atoms with Crippen LogP contribution >= 0.6 is 0 Å². The van der Waals surface area contributed by atoms with Crippen LogP contribution in [0.4, 0.5) is 0 Å². The number of aliphatic hydroxyl groups excluding tert-OH is 1. The molecule has 0 aromatic heterocycles. The van der Waals surface area contributed by atoms with Crippen LogP contribution in [-0.2, 0) is 4.74 Å². The minimum atomic E-state index is -0.656. The smallest absolute Gasteiger partial charge is 0.141 e. The molecule has 32 valence electrons. The molecule has 0 heterocycles. The quantitative estimate of drug-likeness (QED) is 0.398. The van der Waals surface area contributed by atoms with E-state index in [1.807, 2.05) is 0 Å². The monoisotopic (exact) mass is 77.0 g/mol. The topological polar surface area (TPSA) is 52.5 Å². The summed E-state index contributed by atoms with van der Waals surface area (Å²) in [4.78, 5) is 0. The highest BCUT2D eigenvalue weighted by atomic mass is 16.6.